The molecule has 4 rings (SSSR count). The third kappa shape index (κ3) is 2.82. The van der Waals surface area contributed by atoms with E-state index in [1.807, 2.05) is 59.2 Å². The number of rotatable bonds is 3. The maximum atomic E-state index is 13.0. The van der Waals surface area contributed by atoms with Crippen molar-refractivity contribution in [3.8, 4) is 0 Å². The Morgan fingerprint density at radius 2 is 2.21 bits per heavy atom. The standard InChI is InChI=1S/C19H21N3O2/c1-14-11-20-21(12-14)13-16-7-4-5-9-22(16)19(23)18-10-15-6-2-3-8-17(15)24-18/h2-3,6,8,10-12,16H,4-5,7,9,13H2,1H3/t16-/m1/s1. The number of likely N-dealkylation sites (tertiary alicyclic amines) is 1. The van der Waals surface area contributed by atoms with Crippen molar-refractivity contribution in [2.24, 2.45) is 0 Å². The first-order valence-corrected chi connectivity index (χ1v) is 8.49. The fraction of sp³-hybridized carbons (Fsp3) is 0.368. The molecule has 3 aromatic rings. The van der Waals surface area contributed by atoms with Crippen LogP contribution in [-0.4, -0.2) is 33.2 Å². The average molecular weight is 323 g/mol. The zero-order chi connectivity index (χ0) is 16.5. The SMILES string of the molecule is Cc1cnn(C[C@H]2CCCCN2C(=O)c2cc3ccccc3o2)c1. The van der Waals surface area contributed by atoms with Crippen molar-refractivity contribution in [2.75, 3.05) is 6.54 Å². The Morgan fingerprint density at radius 1 is 1.33 bits per heavy atom. The molecule has 1 amide bonds. The topological polar surface area (TPSA) is 51.3 Å². The molecule has 0 saturated carbocycles. The average Bonchev–Trinajstić information content (AvgIpc) is 3.20. The van der Waals surface area contributed by atoms with Gasteiger partial charge in [-0.1, -0.05) is 18.2 Å². The Labute approximate surface area is 140 Å². The predicted octanol–water partition coefficient (Wildman–Crippen LogP) is 3.63. The summed E-state index contributed by atoms with van der Waals surface area (Å²) in [5, 5.41) is 5.34. The van der Waals surface area contributed by atoms with Crippen molar-refractivity contribution in [2.45, 2.75) is 38.8 Å². The first-order valence-electron chi connectivity index (χ1n) is 8.49. The summed E-state index contributed by atoms with van der Waals surface area (Å²) >= 11 is 0. The minimum atomic E-state index is -0.0141. The molecule has 0 unspecified atom stereocenters. The normalized spacial score (nSPS) is 18.2. The Kier molecular flexibility index (Phi) is 3.84. The van der Waals surface area contributed by atoms with E-state index in [9.17, 15) is 4.79 Å². The quantitative estimate of drug-likeness (QED) is 0.739. The van der Waals surface area contributed by atoms with Crippen LogP contribution in [0.3, 0.4) is 0 Å². The molecule has 5 heteroatoms. The van der Waals surface area contributed by atoms with E-state index in [0.717, 1.165) is 48.9 Å². The van der Waals surface area contributed by atoms with E-state index in [2.05, 4.69) is 5.10 Å². The van der Waals surface area contributed by atoms with Gasteiger partial charge in [0.25, 0.3) is 5.91 Å². The number of para-hydroxylation sites is 1. The lowest BCUT2D eigenvalue weighted by Crippen LogP contribution is -2.45. The van der Waals surface area contributed by atoms with E-state index in [1.165, 1.54) is 0 Å². The van der Waals surface area contributed by atoms with Crippen LogP contribution in [0.2, 0.25) is 0 Å². The first kappa shape index (κ1) is 15.0. The Balaban J connectivity index is 1.58. The fourth-order valence-corrected chi connectivity index (χ4v) is 3.47. The summed E-state index contributed by atoms with van der Waals surface area (Å²) in [5.74, 6) is 0.416. The summed E-state index contributed by atoms with van der Waals surface area (Å²) in [4.78, 5) is 14.9. The van der Waals surface area contributed by atoms with E-state index in [4.69, 9.17) is 4.42 Å². The fourth-order valence-electron chi connectivity index (χ4n) is 3.47. The van der Waals surface area contributed by atoms with Crippen molar-refractivity contribution in [1.29, 1.82) is 0 Å². The van der Waals surface area contributed by atoms with Crippen LogP contribution in [0.4, 0.5) is 0 Å². The van der Waals surface area contributed by atoms with E-state index < -0.39 is 0 Å². The monoisotopic (exact) mass is 323 g/mol. The van der Waals surface area contributed by atoms with Crippen molar-refractivity contribution >= 4 is 16.9 Å². The number of nitrogens with zero attached hydrogens (tertiary/aromatic N) is 3. The highest BCUT2D eigenvalue weighted by Gasteiger charge is 2.29. The number of fused-ring (bicyclic) bond motifs is 1. The van der Waals surface area contributed by atoms with Crippen molar-refractivity contribution < 1.29 is 9.21 Å². The van der Waals surface area contributed by atoms with E-state index in [-0.39, 0.29) is 11.9 Å². The number of hydrogen-bond acceptors (Lipinski definition) is 3. The van der Waals surface area contributed by atoms with Gasteiger partial charge >= 0.3 is 0 Å². The minimum absolute atomic E-state index is 0.0141. The second-order valence-corrected chi connectivity index (χ2v) is 6.54. The van der Waals surface area contributed by atoms with E-state index in [0.29, 0.717) is 5.76 Å². The van der Waals surface area contributed by atoms with Crippen LogP contribution in [0.25, 0.3) is 11.0 Å². The van der Waals surface area contributed by atoms with Crippen LogP contribution in [-0.2, 0) is 6.54 Å². The van der Waals surface area contributed by atoms with Crippen molar-refractivity contribution in [3.05, 3.63) is 54.0 Å². The number of piperidine rings is 1. The first-order chi connectivity index (χ1) is 11.7. The highest BCUT2D eigenvalue weighted by Crippen LogP contribution is 2.24. The molecule has 0 bridgehead atoms. The zero-order valence-corrected chi connectivity index (χ0v) is 13.8. The van der Waals surface area contributed by atoms with Gasteiger partial charge < -0.3 is 9.32 Å². The molecule has 1 aliphatic heterocycles. The van der Waals surface area contributed by atoms with Gasteiger partial charge in [-0.25, -0.2) is 0 Å². The van der Waals surface area contributed by atoms with E-state index in [1.54, 1.807) is 0 Å². The summed E-state index contributed by atoms with van der Waals surface area (Å²) in [7, 11) is 0. The second-order valence-electron chi connectivity index (χ2n) is 6.54. The molecule has 1 saturated heterocycles. The highest BCUT2D eigenvalue weighted by molar-refractivity contribution is 5.96. The molecule has 0 N–H and O–H groups in total. The number of hydrogen-bond donors (Lipinski definition) is 0. The lowest BCUT2D eigenvalue weighted by Gasteiger charge is -2.35. The van der Waals surface area contributed by atoms with Gasteiger partial charge in [-0.05, 0) is 43.9 Å². The Bertz CT molecular complexity index is 831. The van der Waals surface area contributed by atoms with Crippen molar-refractivity contribution in [3.63, 3.8) is 0 Å². The molecule has 0 radical (unpaired) electrons. The summed E-state index contributed by atoms with van der Waals surface area (Å²) < 4.78 is 7.71. The van der Waals surface area contributed by atoms with Gasteiger partial charge in [0.15, 0.2) is 5.76 Å². The largest absolute Gasteiger partial charge is 0.451 e. The molecule has 5 nitrogen and oxygen atoms in total. The van der Waals surface area contributed by atoms with Gasteiger partial charge in [-0.3, -0.25) is 9.48 Å². The number of furan rings is 1. The molecule has 3 heterocycles. The third-order valence-corrected chi connectivity index (χ3v) is 4.68. The van der Waals surface area contributed by atoms with Gasteiger partial charge in [-0.15, -0.1) is 0 Å². The molecule has 24 heavy (non-hydrogen) atoms. The molecule has 124 valence electrons. The lowest BCUT2D eigenvalue weighted by molar-refractivity contribution is 0.0554. The maximum absolute atomic E-state index is 13.0. The molecular weight excluding hydrogens is 302 g/mol. The molecule has 0 aliphatic carbocycles. The molecular formula is C19H21N3O2. The number of amides is 1. The van der Waals surface area contributed by atoms with Gasteiger partial charge in [0.2, 0.25) is 0 Å². The zero-order valence-electron chi connectivity index (χ0n) is 13.8. The molecule has 1 aromatic carbocycles. The molecule has 1 atom stereocenters. The van der Waals surface area contributed by atoms with Gasteiger partial charge in [0.1, 0.15) is 5.58 Å². The smallest absolute Gasteiger partial charge is 0.289 e. The molecule has 2 aromatic heterocycles. The van der Waals surface area contributed by atoms with Crippen LogP contribution in [0.1, 0.15) is 35.4 Å². The molecule has 0 spiro atoms. The maximum Gasteiger partial charge on any atom is 0.289 e. The van der Waals surface area contributed by atoms with Gasteiger partial charge in [0.05, 0.1) is 18.8 Å². The number of aromatic nitrogens is 2. The number of aryl methyl sites for hydroxylation is 1. The van der Waals surface area contributed by atoms with Crippen LogP contribution < -0.4 is 0 Å². The van der Waals surface area contributed by atoms with Crippen LogP contribution in [0.5, 0.6) is 0 Å². The van der Waals surface area contributed by atoms with Gasteiger partial charge in [0, 0.05) is 18.1 Å². The number of carbonyl (C=O) groups is 1. The molecule has 1 aliphatic rings. The van der Waals surface area contributed by atoms with Gasteiger partial charge in [-0.2, -0.15) is 5.10 Å². The summed E-state index contributed by atoms with van der Waals surface area (Å²) in [5.41, 5.74) is 1.90. The summed E-state index contributed by atoms with van der Waals surface area (Å²) in [6.45, 7) is 3.54. The third-order valence-electron chi connectivity index (χ3n) is 4.68. The highest BCUT2D eigenvalue weighted by atomic mass is 16.3. The van der Waals surface area contributed by atoms with Crippen LogP contribution in [0.15, 0.2) is 47.1 Å². The Hall–Kier alpha value is -2.56. The van der Waals surface area contributed by atoms with E-state index >= 15 is 0 Å². The lowest BCUT2D eigenvalue weighted by atomic mass is 10.0. The Morgan fingerprint density at radius 3 is 3.00 bits per heavy atom. The van der Waals surface area contributed by atoms with Crippen LogP contribution >= 0.6 is 0 Å². The number of benzene rings is 1. The molecule has 1 fully saturated rings. The second kappa shape index (κ2) is 6.15. The predicted molar refractivity (Wildman–Crippen MR) is 91.9 cm³/mol. The van der Waals surface area contributed by atoms with Crippen LogP contribution in [0, 0.1) is 6.92 Å². The van der Waals surface area contributed by atoms with Crippen molar-refractivity contribution in [1.82, 2.24) is 14.7 Å². The summed E-state index contributed by atoms with van der Waals surface area (Å²) in [6, 6.07) is 9.75. The minimum Gasteiger partial charge on any atom is -0.451 e. The number of carbonyl (C=O) groups excluding carboxylic acids is 1. The summed E-state index contributed by atoms with van der Waals surface area (Å²) in [6.07, 6.45) is 7.08.